The van der Waals surface area contributed by atoms with Gasteiger partial charge in [0.15, 0.2) is 0 Å². The second kappa shape index (κ2) is 7.40. The Morgan fingerprint density at radius 1 is 1.65 bits per heavy atom. The van der Waals surface area contributed by atoms with Crippen LogP contribution < -0.4 is 10.6 Å². The van der Waals surface area contributed by atoms with Gasteiger partial charge >= 0.3 is 0 Å². The van der Waals surface area contributed by atoms with E-state index in [0.29, 0.717) is 18.3 Å². The van der Waals surface area contributed by atoms with Crippen molar-refractivity contribution in [1.29, 1.82) is 0 Å². The molecular weight excluding hydrogens is 256 g/mol. The van der Waals surface area contributed by atoms with E-state index in [9.17, 15) is 4.79 Å². The summed E-state index contributed by atoms with van der Waals surface area (Å²) < 4.78 is 4.99. The number of rotatable bonds is 6. The van der Waals surface area contributed by atoms with Gasteiger partial charge in [0.1, 0.15) is 0 Å². The first-order valence-electron chi connectivity index (χ1n) is 7.33. The molecule has 0 saturated carbocycles. The molecule has 6 heteroatoms. The number of piperidine rings is 1. The average Bonchev–Trinajstić information content (AvgIpc) is 2.84. The van der Waals surface area contributed by atoms with E-state index >= 15 is 0 Å². The summed E-state index contributed by atoms with van der Waals surface area (Å²) in [5, 5.41) is 9.90. The van der Waals surface area contributed by atoms with E-state index in [0.717, 1.165) is 31.9 Å². The monoisotopic (exact) mass is 280 g/mol. The first-order valence-corrected chi connectivity index (χ1v) is 7.33. The molecule has 6 nitrogen and oxygen atoms in total. The largest absolute Gasteiger partial charge is 0.338 e. The Labute approximate surface area is 119 Å². The van der Waals surface area contributed by atoms with Crippen LogP contribution in [-0.4, -0.2) is 48.7 Å². The lowest BCUT2D eigenvalue weighted by Gasteiger charge is -2.28. The average molecular weight is 280 g/mol. The van der Waals surface area contributed by atoms with Crippen molar-refractivity contribution in [3.05, 3.63) is 11.8 Å². The zero-order chi connectivity index (χ0) is 14.4. The van der Waals surface area contributed by atoms with Gasteiger partial charge in [-0.05, 0) is 45.3 Å². The number of likely N-dealkylation sites (N-methyl/N-ethyl adjacent to an activating group) is 1. The lowest BCUT2D eigenvalue weighted by atomic mass is 9.99. The summed E-state index contributed by atoms with van der Waals surface area (Å²) in [5.41, 5.74) is 0.765. The molecule has 1 aromatic heterocycles. The number of carbonyl (C=O) groups excluding carboxylic acids is 1. The van der Waals surface area contributed by atoms with Crippen LogP contribution in [0.2, 0.25) is 0 Å². The molecule has 0 spiro atoms. The smallest absolute Gasteiger partial charge is 0.240 e. The first kappa shape index (κ1) is 15.0. The third-order valence-electron chi connectivity index (χ3n) is 3.62. The third-order valence-corrected chi connectivity index (χ3v) is 3.62. The van der Waals surface area contributed by atoms with Crippen LogP contribution in [0.3, 0.4) is 0 Å². The lowest BCUT2D eigenvalue weighted by Crippen LogP contribution is -2.41. The maximum atomic E-state index is 12.0. The molecular formula is C14H24N4O2. The fourth-order valence-electron chi connectivity index (χ4n) is 2.55. The topological polar surface area (TPSA) is 70.4 Å². The highest BCUT2D eigenvalue weighted by Gasteiger charge is 2.18. The Hall–Kier alpha value is -1.40. The molecule has 1 saturated heterocycles. The van der Waals surface area contributed by atoms with Gasteiger partial charge in [0.05, 0.1) is 12.2 Å². The van der Waals surface area contributed by atoms with E-state index in [4.69, 9.17) is 4.52 Å². The van der Waals surface area contributed by atoms with Crippen LogP contribution in [0, 0.1) is 12.8 Å². The van der Waals surface area contributed by atoms with Crippen molar-refractivity contribution in [3.63, 3.8) is 0 Å². The minimum atomic E-state index is -0.0493. The summed E-state index contributed by atoms with van der Waals surface area (Å²) in [7, 11) is 0. The minimum absolute atomic E-state index is 0.0493. The zero-order valence-electron chi connectivity index (χ0n) is 12.3. The van der Waals surface area contributed by atoms with Crippen molar-refractivity contribution in [3.8, 4) is 0 Å². The van der Waals surface area contributed by atoms with Crippen molar-refractivity contribution < 1.29 is 9.32 Å². The van der Waals surface area contributed by atoms with Gasteiger partial charge in [0, 0.05) is 12.6 Å². The molecule has 2 rings (SSSR count). The van der Waals surface area contributed by atoms with E-state index in [1.165, 1.54) is 12.8 Å². The summed E-state index contributed by atoms with van der Waals surface area (Å²) in [6, 6.07) is 1.72. The Morgan fingerprint density at radius 2 is 2.50 bits per heavy atom. The Morgan fingerprint density at radius 3 is 3.10 bits per heavy atom. The number of nitrogens with zero attached hydrogens (tertiary/aromatic N) is 2. The first-order chi connectivity index (χ1) is 9.67. The van der Waals surface area contributed by atoms with E-state index in [1.54, 1.807) is 6.07 Å². The molecule has 0 aromatic carbocycles. The van der Waals surface area contributed by atoms with E-state index in [2.05, 4.69) is 27.6 Å². The van der Waals surface area contributed by atoms with Crippen LogP contribution in [0.4, 0.5) is 5.88 Å². The third kappa shape index (κ3) is 4.61. The van der Waals surface area contributed by atoms with E-state index in [-0.39, 0.29) is 5.91 Å². The second-order valence-corrected chi connectivity index (χ2v) is 5.42. The number of aromatic nitrogens is 1. The maximum absolute atomic E-state index is 12.0. The zero-order valence-corrected chi connectivity index (χ0v) is 12.3. The van der Waals surface area contributed by atoms with Gasteiger partial charge in [-0.1, -0.05) is 12.1 Å². The van der Waals surface area contributed by atoms with Gasteiger partial charge in [-0.2, -0.15) is 0 Å². The van der Waals surface area contributed by atoms with Crippen LogP contribution in [0.1, 0.15) is 25.5 Å². The van der Waals surface area contributed by atoms with Crippen LogP contribution >= 0.6 is 0 Å². The van der Waals surface area contributed by atoms with Crippen LogP contribution in [0.5, 0.6) is 0 Å². The number of hydrogen-bond donors (Lipinski definition) is 2. The van der Waals surface area contributed by atoms with Crippen LogP contribution in [0.15, 0.2) is 10.6 Å². The molecule has 1 aromatic rings. The Kier molecular flexibility index (Phi) is 5.55. The number of nitrogens with one attached hydrogen (secondary N) is 2. The summed E-state index contributed by atoms with van der Waals surface area (Å²) in [5.74, 6) is 1.01. The minimum Gasteiger partial charge on any atom is -0.338 e. The molecule has 20 heavy (non-hydrogen) atoms. The summed E-state index contributed by atoms with van der Waals surface area (Å²) in [6.07, 6.45) is 2.47. The molecule has 1 fully saturated rings. The summed E-state index contributed by atoms with van der Waals surface area (Å²) >= 11 is 0. The van der Waals surface area contributed by atoms with Crippen molar-refractivity contribution in [2.24, 2.45) is 5.92 Å². The molecule has 0 aliphatic carbocycles. The molecule has 1 unspecified atom stereocenters. The van der Waals surface area contributed by atoms with E-state index < -0.39 is 0 Å². The van der Waals surface area contributed by atoms with Crippen molar-refractivity contribution in [2.45, 2.75) is 26.7 Å². The van der Waals surface area contributed by atoms with Crippen LogP contribution in [-0.2, 0) is 4.79 Å². The highest BCUT2D eigenvalue weighted by molar-refractivity contribution is 5.90. The van der Waals surface area contributed by atoms with Gasteiger partial charge in [-0.15, -0.1) is 0 Å². The molecule has 2 heterocycles. The van der Waals surface area contributed by atoms with Crippen molar-refractivity contribution in [1.82, 2.24) is 15.4 Å². The number of amides is 1. The normalized spacial score (nSPS) is 19.2. The molecule has 0 bridgehead atoms. The summed E-state index contributed by atoms with van der Waals surface area (Å²) in [6.45, 7) is 8.32. The van der Waals surface area contributed by atoms with E-state index in [1.807, 2.05) is 6.92 Å². The van der Waals surface area contributed by atoms with Crippen molar-refractivity contribution >= 4 is 11.8 Å². The molecule has 1 aliphatic heterocycles. The van der Waals surface area contributed by atoms with Gasteiger partial charge in [-0.3, -0.25) is 15.0 Å². The molecule has 1 atom stereocenters. The Balaban J connectivity index is 1.78. The predicted molar refractivity (Wildman–Crippen MR) is 77.6 cm³/mol. The lowest BCUT2D eigenvalue weighted by molar-refractivity contribution is -0.117. The van der Waals surface area contributed by atoms with Gasteiger partial charge < -0.3 is 9.84 Å². The van der Waals surface area contributed by atoms with Gasteiger partial charge in [0.2, 0.25) is 11.8 Å². The second-order valence-electron chi connectivity index (χ2n) is 5.42. The molecule has 0 radical (unpaired) electrons. The predicted octanol–water partition coefficient (Wildman–Crippen LogP) is 1.24. The SMILES string of the molecule is CCN(CC(=O)Nc1cc(C)no1)CC1CCCNC1. The van der Waals surface area contributed by atoms with Gasteiger partial charge in [0.25, 0.3) is 0 Å². The van der Waals surface area contributed by atoms with Crippen LogP contribution in [0.25, 0.3) is 0 Å². The van der Waals surface area contributed by atoms with Crippen molar-refractivity contribution in [2.75, 3.05) is 38.0 Å². The highest BCUT2D eigenvalue weighted by atomic mass is 16.5. The maximum Gasteiger partial charge on any atom is 0.240 e. The fourth-order valence-corrected chi connectivity index (χ4v) is 2.55. The number of anilines is 1. The van der Waals surface area contributed by atoms with Gasteiger partial charge in [-0.25, -0.2) is 0 Å². The summed E-state index contributed by atoms with van der Waals surface area (Å²) in [4.78, 5) is 14.2. The quantitative estimate of drug-likeness (QED) is 0.820. The number of hydrogen-bond acceptors (Lipinski definition) is 5. The number of carbonyl (C=O) groups is 1. The number of aryl methyl sites for hydroxylation is 1. The fraction of sp³-hybridized carbons (Fsp3) is 0.714. The Bertz CT molecular complexity index is 427. The molecule has 1 aliphatic rings. The molecule has 2 N–H and O–H groups in total. The highest BCUT2D eigenvalue weighted by Crippen LogP contribution is 2.12. The molecule has 1 amide bonds. The standard InChI is InChI=1S/C14H24N4O2/c1-3-18(9-12-5-4-6-15-8-12)10-13(19)16-14-7-11(2)17-20-14/h7,12,15H,3-6,8-10H2,1-2H3,(H,16,19). The molecule has 112 valence electrons.